The van der Waals surface area contributed by atoms with Crippen LogP contribution in [-0.4, -0.2) is 17.0 Å². The predicted molar refractivity (Wildman–Crippen MR) is 96.5 cm³/mol. The van der Waals surface area contributed by atoms with Gasteiger partial charge in [0.05, 0.1) is 6.10 Å². The van der Waals surface area contributed by atoms with Crippen LogP contribution < -0.4 is 0 Å². The average Bonchev–Trinajstić information content (AvgIpc) is 2.83. The molecule has 2 heteroatoms. The van der Waals surface area contributed by atoms with Gasteiger partial charge in [-0.15, -0.1) is 0 Å². The van der Waals surface area contributed by atoms with Gasteiger partial charge >= 0.3 is 0 Å². The second-order valence-electron chi connectivity index (χ2n) is 9.94. The fourth-order valence-corrected chi connectivity index (χ4v) is 7.40. The van der Waals surface area contributed by atoms with Crippen LogP contribution in [0.15, 0.2) is 11.1 Å². The molecule has 0 saturated heterocycles. The van der Waals surface area contributed by atoms with Gasteiger partial charge in [-0.25, -0.2) is 0 Å². The molecule has 2 nitrogen and oxygen atoms in total. The van der Waals surface area contributed by atoms with Crippen LogP contribution in [0.4, 0.5) is 0 Å². The number of allylic oxidation sites excluding steroid dienone is 1. The summed E-state index contributed by atoms with van der Waals surface area (Å²) in [6, 6.07) is 0. The largest absolute Gasteiger partial charge is 0.393 e. The normalized spacial score (nSPS) is 48.3. The topological polar surface area (TPSA) is 37.3 Å². The van der Waals surface area contributed by atoms with Crippen molar-refractivity contribution in [1.82, 2.24) is 0 Å². The Balaban J connectivity index is 1.73. The van der Waals surface area contributed by atoms with Crippen LogP contribution in [0.1, 0.15) is 79.1 Å². The Morgan fingerprint density at radius 2 is 1.75 bits per heavy atom. The molecule has 0 aliphatic heterocycles. The van der Waals surface area contributed by atoms with Crippen molar-refractivity contribution in [2.45, 2.75) is 85.2 Å². The number of carbonyl (C=O) groups is 1. The molecule has 0 aromatic heterocycles. The van der Waals surface area contributed by atoms with Crippen molar-refractivity contribution in [2.24, 2.45) is 34.5 Å². The zero-order valence-corrected chi connectivity index (χ0v) is 15.9. The van der Waals surface area contributed by atoms with E-state index < -0.39 is 0 Å². The van der Waals surface area contributed by atoms with Gasteiger partial charge in [-0.3, -0.25) is 4.79 Å². The fourth-order valence-electron chi connectivity index (χ4n) is 7.40. The summed E-state index contributed by atoms with van der Waals surface area (Å²) < 4.78 is 0. The Labute approximate surface area is 147 Å². The van der Waals surface area contributed by atoms with Crippen LogP contribution in [0.2, 0.25) is 0 Å². The van der Waals surface area contributed by atoms with Crippen LogP contribution in [0.3, 0.4) is 0 Å². The van der Waals surface area contributed by atoms with Gasteiger partial charge in [0.2, 0.25) is 0 Å². The zero-order valence-electron chi connectivity index (χ0n) is 15.9. The number of Topliss-reactive ketones (excluding diaryl/α,β-unsaturated/α-hetero) is 1. The molecule has 4 aliphatic carbocycles. The van der Waals surface area contributed by atoms with Crippen molar-refractivity contribution in [3.63, 3.8) is 0 Å². The lowest BCUT2D eigenvalue weighted by atomic mass is 9.46. The Kier molecular flexibility index (Phi) is 3.81. The quantitative estimate of drug-likeness (QED) is 0.742. The molecular weight excluding hydrogens is 296 g/mol. The van der Waals surface area contributed by atoms with Crippen molar-refractivity contribution in [2.75, 3.05) is 0 Å². The smallest absolute Gasteiger partial charge is 0.159 e. The van der Waals surface area contributed by atoms with Crippen LogP contribution in [0.25, 0.3) is 0 Å². The lowest BCUT2D eigenvalue weighted by Crippen LogP contribution is -2.51. The number of hydrogen-bond acceptors (Lipinski definition) is 2. The Morgan fingerprint density at radius 1 is 1.00 bits per heavy atom. The third kappa shape index (κ3) is 2.08. The van der Waals surface area contributed by atoms with Crippen LogP contribution in [-0.2, 0) is 4.79 Å². The van der Waals surface area contributed by atoms with Crippen molar-refractivity contribution >= 4 is 5.78 Å². The number of carbonyl (C=O) groups excluding carboxylic acids is 1. The summed E-state index contributed by atoms with van der Waals surface area (Å²) in [5, 5.41) is 10.6. The monoisotopic (exact) mass is 330 g/mol. The van der Waals surface area contributed by atoms with Crippen molar-refractivity contribution in [3.05, 3.63) is 11.1 Å². The molecule has 0 heterocycles. The molecule has 4 aliphatic rings. The maximum atomic E-state index is 12.6. The van der Waals surface area contributed by atoms with Crippen molar-refractivity contribution in [1.29, 1.82) is 0 Å². The van der Waals surface area contributed by atoms with Crippen molar-refractivity contribution in [3.8, 4) is 0 Å². The minimum Gasteiger partial charge on any atom is -0.393 e. The molecular formula is C22H34O2. The number of ketones is 1. The highest BCUT2D eigenvalue weighted by Crippen LogP contribution is 2.65. The van der Waals surface area contributed by atoms with Gasteiger partial charge in [0.15, 0.2) is 5.78 Å². The molecule has 0 spiro atoms. The first kappa shape index (κ1) is 16.8. The molecule has 1 N–H and O–H groups in total. The average molecular weight is 331 g/mol. The predicted octanol–water partition coefficient (Wildman–Crippen LogP) is 4.91. The minimum atomic E-state index is -0.0904. The summed E-state index contributed by atoms with van der Waals surface area (Å²) in [5.41, 5.74) is 3.11. The standard InChI is InChI=1S/C22H34O2/c1-13(2)20-17-6-5-14-15-7-8-19(24)22(15,4)11-9-16(14)21(17,3)12-10-18(20)23/h13-16,19,24H,5-12H2,1-4H3/t14-,15-,16+,19?,21+,22-/m0/s1. The summed E-state index contributed by atoms with van der Waals surface area (Å²) in [5.74, 6) is 2.98. The first-order valence-electron chi connectivity index (χ1n) is 10.2. The summed E-state index contributed by atoms with van der Waals surface area (Å²) in [7, 11) is 0. The van der Waals surface area contributed by atoms with E-state index in [4.69, 9.17) is 0 Å². The minimum absolute atomic E-state index is 0.0904. The molecule has 134 valence electrons. The van der Waals surface area contributed by atoms with Crippen LogP contribution in [0, 0.1) is 34.5 Å². The number of aliphatic hydroxyl groups is 1. The molecule has 24 heavy (non-hydrogen) atoms. The highest BCUT2D eigenvalue weighted by molar-refractivity contribution is 5.97. The van der Waals surface area contributed by atoms with E-state index in [0.717, 1.165) is 37.5 Å². The lowest BCUT2D eigenvalue weighted by molar-refractivity contribution is -0.119. The Hall–Kier alpha value is -0.630. The van der Waals surface area contributed by atoms with E-state index in [9.17, 15) is 9.90 Å². The zero-order chi connectivity index (χ0) is 17.3. The molecule has 0 aromatic carbocycles. The molecule has 0 amide bonds. The number of fused-ring (bicyclic) bond motifs is 5. The number of rotatable bonds is 1. The van der Waals surface area contributed by atoms with E-state index in [0.29, 0.717) is 17.6 Å². The van der Waals surface area contributed by atoms with Gasteiger partial charge in [-0.2, -0.15) is 0 Å². The molecule has 1 unspecified atom stereocenters. The molecule has 0 aromatic rings. The van der Waals surface area contributed by atoms with Crippen molar-refractivity contribution < 1.29 is 9.90 Å². The Morgan fingerprint density at radius 3 is 2.46 bits per heavy atom. The third-order valence-electron chi connectivity index (χ3n) is 8.70. The first-order valence-corrected chi connectivity index (χ1v) is 10.2. The van der Waals surface area contributed by atoms with E-state index in [1.807, 2.05) is 0 Å². The Bertz CT molecular complexity index is 589. The SMILES string of the molecule is CC(C)C1=C2CC[C@@H]3[C@@H](CC[C@]4(C)C(O)CC[C@@H]34)[C@@]2(C)CCC1=O. The second kappa shape index (κ2) is 5.43. The summed E-state index contributed by atoms with van der Waals surface area (Å²) in [6.45, 7) is 9.22. The van der Waals surface area contributed by atoms with Gasteiger partial charge in [0.25, 0.3) is 0 Å². The van der Waals surface area contributed by atoms with E-state index in [2.05, 4.69) is 27.7 Å². The maximum absolute atomic E-state index is 12.6. The highest BCUT2D eigenvalue weighted by Gasteiger charge is 2.59. The maximum Gasteiger partial charge on any atom is 0.159 e. The summed E-state index contributed by atoms with van der Waals surface area (Å²) in [4.78, 5) is 12.6. The van der Waals surface area contributed by atoms with Crippen LogP contribution in [0.5, 0.6) is 0 Å². The van der Waals surface area contributed by atoms with Gasteiger partial charge < -0.3 is 5.11 Å². The van der Waals surface area contributed by atoms with Gasteiger partial charge in [0.1, 0.15) is 0 Å². The van der Waals surface area contributed by atoms with Crippen LogP contribution >= 0.6 is 0 Å². The van der Waals surface area contributed by atoms with E-state index in [1.54, 1.807) is 0 Å². The molecule has 0 radical (unpaired) electrons. The summed E-state index contributed by atoms with van der Waals surface area (Å²) in [6.07, 6.45) is 8.72. The molecule has 6 atom stereocenters. The molecule has 4 rings (SSSR count). The second-order valence-corrected chi connectivity index (χ2v) is 9.94. The summed E-state index contributed by atoms with van der Waals surface area (Å²) >= 11 is 0. The van der Waals surface area contributed by atoms with E-state index in [-0.39, 0.29) is 16.9 Å². The number of aliphatic hydroxyl groups excluding tert-OH is 1. The number of hydrogen-bond donors (Lipinski definition) is 1. The first-order chi connectivity index (χ1) is 11.3. The van der Waals surface area contributed by atoms with Gasteiger partial charge in [-0.1, -0.05) is 33.3 Å². The molecule has 3 saturated carbocycles. The molecule has 3 fully saturated rings. The fraction of sp³-hybridized carbons (Fsp3) is 0.864. The lowest BCUT2D eigenvalue weighted by Gasteiger charge is -2.58. The van der Waals surface area contributed by atoms with Gasteiger partial charge in [-0.05, 0) is 85.0 Å². The third-order valence-corrected chi connectivity index (χ3v) is 8.70. The van der Waals surface area contributed by atoms with Gasteiger partial charge in [0, 0.05) is 6.42 Å². The highest BCUT2D eigenvalue weighted by atomic mass is 16.3. The molecule has 0 bridgehead atoms. The van der Waals surface area contributed by atoms with E-state index >= 15 is 0 Å². The van der Waals surface area contributed by atoms with E-state index in [1.165, 1.54) is 36.8 Å².